The van der Waals surface area contributed by atoms with Gasteiger partial charge in [-0.05, 0) is 26.4 Å². The Balaban J connectivity index is 2.42. The minimum atomic E-state index is 0.319. The quantitative estimate of drug-likeness (QED) is 0.752. The first kappa shape index (κ1) is 13.7. The third-order valence-electron chi connectivity index (χ3n) is 2.70. The lowest BCUT2D eigenvalue weighted by atomic mass is 10.3. The maximum Gasteiger partial charge on any atom is 0.221 e. The molecule has 1 rings (SSSR count). The van der Waals surface area contributed by atoms with Crippen LogP contribution in [0.3, 0.4) is 0 Å². The number of anilines is 2. The van der Waals surface area contributed by atoms with Crippen molar-refractivity contribution in [3.8, 4) is 0 Å². The first-order chi connectivity index (χ1) is 8.17. The van der Waals surface area contributed by atoms with Crippen LogP contribution >= 0.6 is 0 Å². The topological polar surface area (TPSA) is 67.1 Å². The second-order valence-corrected chi connectivity index (χ2v) is 4.12. The normalized spacial score (nSPS) is 10.8. The molecule has 0 aliphatic carbocycles. The molecule has 0 bridgehead atoms. The molecule has 0 spiro atoms. The molecule has 0 aliphatic rings. The summed E-state index contributed by atoms with van der Waals surface area (Å²) in [7, 11) is 0. The molecule has 0 radical (unpaired) electrons. The highest BCUT2D eigenvalue weighted by Crippen LogP contribution is 2.10. The van der Waals surface area contributed by atoms with E-state index in [-0.39, 0.29) is 0 Å². The number of aryl methyl sites for hydroxylation is 1. The number of hydrogen-bond acceptors (Lipinski definition) is 5. The van der Waals surface area contributed by atoms with Gasteiger partial charge in [-0.15, -0.1) is 0 Å². The second-order valence-electron chi connectivity index (χ2n) is 4.12. The molecule has 0 aliphatic heterocycles. The van der Waals surface area contributed by atoms with Crippen molar-refractivity contribution < 1.29 is 0 Å². The number of nitrogens with two attached hydrogens (primary N) is 1. The highest BCUT2D eigenvalue weighted by Gasteiger charge is 2.03. The van der Waals surface area contributed by atoms with E-state index in [0.29, 0.717) is 5.95 Å². The summed E-state index contributed by atoms with van der Waals surface area (Å²) in [6, 6.07) is 0. The van der Waals surface area contributed by atoms with Gasteiger partial charge >= 0.3 is 0 Å². The lowest BCUT2D eigenvalue weighted by Gasteiger charge is -2.20. The molecule has 5 nitrogen and oxygen atoms in total. The number of hydrogen-bond donors (Lipinski definition) is 2. The van der Waals surface area contributed by atoms with Crippen LogP contribution in [0.15, 0.2) is 6.20 Å². The zero-order valence-corrected chi connectivity index (χ0v) is 11.0. The standard InChI is InChI=1S/C12H23N5/c1-4-7-17(5-2)8-6-14-11-10(3)9-15-12(13)16-11/h9H,4-8H2,1-3H3,(H3,13,14,15,16). The van der Waals surface area contributed by atoms with E-state index in [1.807, 2.05) is 6.92 Å². The number of nitrogen functional groups attached to an aromatic ring is 1. The van der Waals surface area contributed by atoms with Gasteiger partial charge in [0, 0.05) is 24.8 Å². The fourth-order valence-electron chi connectivity index (χ4n) is 1.71. The van der Waals surface area contributed by atoms with Gasteiger partial charge < -0.3 is 16.0 Å². The van der Waals surface area contributed by atoms with E-state index >= 15 is 0 Å². The summed E-state index contributed by atoms with van der Waals surface area (Å²) < 4.78 is 0. The van der Waals surface area contributed by atoms with Crippen LogP contribution in [0.2, 0.25) is 0 Å². The summed E-state index contributed by atoms with van der Waals surface area (Å²) >= 11 is 0. The van der Waals surface area contributed by atoms with Crippen LogP contribution in [-0.4, -0.2) is 41.0 Å². The van der Waals surface area contributed by atoms with Crippen molar-refractivity contribution in [2.24, 2.45) is 0 Å². The molecular formula is C12H23N5. The molecule has 0 atom stereocenters. The smallest absolute Gasteiger partial charge is 0.221 e. The van der Waals surface area contributed by atoms with Crippen molar-refractivity contribution in [3.05, 3.63) is 11.8 Å². The average molecular weight is 237 g/mol. The Morgan fingerprint density at radius 2 is 2.12 bits per heavy atom. The van der Waals surface area contributed by atoms with E-state index in [1.165, 1.54) is 6.42 Å². The molecule has 0 unspecified atom stereocenters. The first-order valence-corrected chi connectivity index (χ1v) is 6.22. The van der Waals surface area contributed by atoms with Crippen LogP contribution < -0.4 is 11.1 Å². The summed E-state index contributed by atoms with van der Waals surface area (Å²) in [5.74, 6) is 1.16. The molecular weight excluding hydrogens is 214 g/mol. The molecule has 1 aromatic rings. The maximum absolute atomic E-state index is 5.56. The van der Waals surface area contributed by atoms with Crippen LogP contribution in [0.4, 0.5) is 11.8 Å². The van der Waals surface area contributed by atoms with Crippen LogP contribution in [0.25, 0.3) is 0 Å². The third kappa shape index (κ3) is 4.56. The lowest BCUT2D eigenvalue weighted by Crippen LogP contribution is -2.29. The van der Waals surface area contributed by atoms with E-state index in [9.17, 15) is 0 Å². The predicted molar refractivity (Wildman–Crippen MR) is 72.1 cm³/mol. The summed E-state index contributed by atoms with van der Waals surface area (Å²) in [6.07, 6.45) is 2.93. The van der Waals surface area contributed by atoms with Crippen molar-refractivity contribution in [1.82, 2.24) is 14.9 Å². The number of nitrogens with zero attached hydrogens (tertiary/aromatic N) is 3. The van der Waals surface area contributed by atoms with Crippen molar-refractivity contribution >= 4 is 11.8 Å². The van der Waals surface area contributed by atoms with Crippen LogP contribution in [0.1, 0.15) is 25.8 Å². The van der Waals surface area contributed by atoms with Gasteiger partial charge in [-0.3, -0.25) is 0 Å². The summed E-state index contributed by atoms with van der Waals surface area (Å²) in [5, 5.41) is 3.30. The van der Waals surface area contributed by atoms with Crippen molar-refractivity contribution in [2.45, 2.75) is 27.2 Å². The molecule has 1 aromatic heterocycles. The fraction of sp³-hybridized carbons (Fsp3) is 0.667. The molecule has 0 aromatic carbocycles. The number of nitrogens with one attached hydrogen (secondary N) is 1. The zero-order valence-electron chi connectivity index (χ0n) is 11.0. The molecule has 0 saturated carbocycles. The van der Waals surface area contributed by atoms with Crippen molar-refractivity contribution in [1.29, 1.82) is 0 Å². The Labute approximate surface area is 103 Å². The highest BCUT2D eigenvalue weighted by molar-refractivity contribution is 5.44. The zero-order chi connectivity index (χ0) is 12.7. The van der Waals surface area contributed by atoms with Gasteiger partial charge in [-0.2, -0.15) is 4.98 Å². The van der Waals surface area contributed by atoms with E-state index in [4.69, 9.17) is 5.73 Å². The van der Waals surface area contributed by atoms with E-state index in [0.717, 1.165) is 37.6 Å². The first-order valence-electron chi connectivity index (χ1n) is 6.22. The number of rotatable bonds is 7. The van der Waals surface area contributed by atoms with Gasteiger partial charge in [0.2, 0.25) is 5.95 Å². The maximum atomic E-state index is 5.56. The molecule has 17 heavy (non-hydrogen) atoms. The molecule has 96 valence electrons. The molecule has 0 amide bonds. The highest BCUT2D eigenvalue weighted by atomic mass is 15.1. The SMILES string of the molecule is CCCN(CC)CCNc1nc(N)ncc1C. The minimum absolute atomic E-state index is 0.319. The Hall–Kier alpha value is -1.36. The third-order valence-corrected chi connectivity index (χ3v) is 2.70. The lowest BCUT2D eigenvalue weighted by molar-refractivity contribution is 0.300. The van der Waals surface area contributed by atoms with Gasteiger partial charge in [-0.25, -0.2) is 4.98 Å². The average Bonchev–Trinajstić information content (AvgIpc) is 2.32. The van der Waals surface area contributed by atoms with E-state index in [2.05, 4.69) is 34.0 Å². The minimum Gasteiger partial charge on any atom is -0.368 e. The van der Waals surface area contributed by atoms with Crippen molar-refractivity contribution in [2.75, 3.05) is 37.2 Å². The largest absolute Gasteiger partial charge is 0.368 e. The van der Waals surface area contributed by atoms with Gasteiger partial charge in [-0.1, -0.05) is 13.8 Å². The number of aromatic nitrogens is 2. The summed E-state index contributed by atoms with van der Waals surface area (Å²) in [5.41, 5.74) is 6.59. The monoisotopic (exact) mass is 237 g/mol. The molecule has 0 fully saturated rings. The Morgan fingerprint density at radius 3 is 2.76 bits per heavy atom. The molecule has 0 saturated heterocycles. The Morgan fingerprint density at radius 1 is 1.35 bits per heavy atom. The predicted octanol–water partition coefficient (Wildman–Crippen LogP) is 1.51. The van der Waals surface area contributed by atoms with Crippen LogP contribution in [0.5, 0.6) is 0 Å². The fourth-order valence-corrected chi connectivity index (χ4v) is 1.71. The Bertz CT molecular complexity index is 340. The number of likely N-dealkylation sites (N-methyl/N-ethyl adjacent to an activating group) is 1. The van der Waals surface area contributed by atoms with Gasteiger partial charge in [0.15, 0.2) is 0 Å². The molecule has 3 N–H and O–H groups in total. The molecule has 1 heterocycles. The Kier molecular flexibility index (Phi) is 5.69. The van der Waals surface area contributed by atoms with Crippen LogP contribution in [0, 0.1) is 6.92 Å². The van der Waals surface area contributed by atoms with E-state index < -0.39 is 0 Å². The van der Waals surface area contributed by atoms with Gasteiger partial charge in [0.05, 0.1) is 0 Å². The van der Waals surface area contributed by atoms with Gasteiger partial charge in [0.1, 0.15) is 5.82 Å². The molecule has 5 heteroatoms. The van der Waals surface area contributed by atoms with Gasteiger partial charge in [0.25, 0.3) is 0 Å². The summed E-state index contributed by atoms with van der Waals surface area (Å²) in [4.78, 5) is 10.5. The summed E-state index contributed by atoms with van der Waals surface area (Å²) in [6.45, 7) is 10.5. The second kappa shape index (κ2) is 7.06. The van der Waals surface area contributed by atoms with Crippen molar-refractivity contribution in [3.63, 3.8) is 0 Å². The van der Waals surface area contributed by atoms with E-state index in [1.54, 1.807) is 6.20 Å². The van der Waals surface area contributed by atoms with Crippen LogP contribution in [-0.2, 0) is 0 Å².